The molecule has 3 aromatic carbocycles. The molecule has 178 valence electrons. The summed E-state index contributed by atoms with van der Waals surface area (Å²) in [6.07, 6.45) is -0.236. The summed E-state index contributed by atoms with van der Waals surface area (Å²) in [5.41, 5.74) is 0.624. The molecule has 0 bridgehead atoms. The Kier molecular flexibility index (Phi) is 6.86. The van der Waals surface area contributed by atoms with E-state index in [9.17, 15) is 24.5 Å². The van der Waals surface area contributed by atoms with Gasteiger partial charge in [0.15, 0.2) is 0 Å². The van der Waals surface area contributed by atoms with Crippen molar-refractivity contribution in [3.8, 4) is 0 Å². The Balaban J connectivity index is 1.77. The van der Waals surface area contributed by atoms with Gasteiger partial charge in [-0.1, -0.05) is 53.5 Å². The van der Waals surface area contributed by atoms with Crippen molar-refractivity contribution >= 4 is 52.3 Å². The molecule has 35 heavy (non-hydrogen) atoms. The van der Waals surface area contributed by atoms with Crippen molar-refractivity contribution < 1.29 is 19.3 Å². The highest BCUT2D eigenvalue weighted by molar-refractivity contribution is 6.33. The average Bonchev–Trinajstić information content (AvgIpc) is 3.13. The third-order valence-corrected chi connectivity index (χ3v) is 6.44. The second-order valence-electron chi connectivity index (χ2n) is 7.99. The van der Waals surface area contributed by atoms with Gasteiger partial charge in [-0.2, -0.15) is 0 Å². The zero-order valence-electron chi connectivity index (χ0n) is 18.4. The summed E-state index contributed by atoms with van der Waals surface area (Å²) >= 11 is 11.9. The van der Waals surface area contributed by atoms with E-state index in [4.69, 9.17) is 23.2 Å². The molecule has 1 fully saturated rings. The fourth-order valence-electron chi connectivity index (χ4n) is 4.11. The van der Waals surface area contributed by atoms with Gasteiger partial charge >= 0.3 is 0 Å². The maximum atomic E-state index is 13.7. The van der Waals surface area contributed by atoms with E-state index in [1.165, 1.54) is 17.0 Å². The number of rotatable bonds is 6. The number of halogens is 2. The summed E-state index contributed by atoms with van der Waals surface area (Å²) in [6, 6.07) is 17.2. The molecule has 8 nitrogen and oxygen atoms in total. The van der Waals surface area contributed by atoms with Gasteiger partial charge in [-0.15, -0.1) is 0 Å². The highest BCUT2D eigenvalue weighted by atomic mass is 35.5. The predicted molar refractivity (Wildman–Crippen MR) is 131 cm³/mol. The van der Waals surface area contributed by atoms with Crippen LogP contribution in [0.25, 0.3) is 0 Å². The smallest absolute Gasteiger partial charge is 0.288 e. The Labute approximate surface area is 210 Å². The largest absolute Gasteiger partial charge is 0.319 e. The van der Waals surface area contributed by atoms with Crippen LogP contribution < -0.4 is 4.90 Å². The Hall–Kier alpha value is -3.75. The molecule has 3 aromatic rings. The standard InChI is InChI=1S/C25H19Cl2N3O5/c1-15(16-5-3-2-4-6-16)28(24(32)17-7-12-20(27)21(13-17)30(34)35)22-14-23(31)29(25(22)33)19-10-8-18(26)9-11-19/h2-13,15,22H,14H2,1H3. The molecular formula is C25H19Cl2N3O5. The number of hydrogen-bond donors (Lipinski definition) is 0. The lowest BCUT2D eigenvalue weighted by molar-refractivity contribution is -0.384. The summed E-state index contributed by atoms with van der Waals surface area (Å²) in [7, 11) is 0. The molecule has 2 unspecified atom stereocenters. The molecule has 1 aliphatic rings. The fraction of sp³-hybridized carbons (Fsp3) is 0.160. The van der Waals surface area contributed by atoms with Gasteiger partial charge in [-0.25, -0.2) is 4.90 Å². The first-order valence-corrected chi connectivity index (χ1v) is 11.4. The van der Waals surface area contributed by atoms with Gasteiger partial charge in [-0.05, 0) is 48.9 Å². The van der Waals surface area contributed by atoms with Crippen LogP contribution in [0.5, 0.6) is 0 Å². The molecule has 0 radical (unpaired) electrons. The van der Waals surface area contributed by atoms with Gasteiger partial charge in [0.25, 0.3) is 17.5 Å². The van der Waals surface area contributed by atoms with Gasteiger partial charge < -0.3 is 4.90 Å². The molecule has 0 saturated carbocycles. The number of carbonyl (C=O) groups is 3. The van der Waals surface area contributed by atoms with E-state index >= 15 is 0 Å². The van der Waals surface area contributed by atoms with Crippen LogP contribution in [0.1, 0.15) is 35.3 Å². The lowest BCUT2D eigenvalue weighted by Crippen LogP contribution is -2.46. The highest BCUT2D eigenvalue weighted by Gasteiger charge is 2.46. The number of hydrogen-bond acceptors (Lipinski definition) is 5. The topological polar surface area (TPSA) is 101 Å². The molecule has 4 rings (SSSR count). The first-order valence-electron chi connectivity index (χ1n) is 10.6. The third-order valence-electron chi connectivity index (χ3n) is 5.87. The van der Waals surface area contributed by atoms with Crippen LogP contribution >= 0.6 is 23.2 Å². The van der Waals surface area contributed by atoms with Crippen molar-refractivity contribution in [3.63, 3.8) is 0 Å². The van der Waals surface area contributed by atoms with Crippen molar-refractivity contribution in [2.24, 2.45) is 0 Å². The second-order valence-corrected chi connectivity index (χ2v) is 8.83. The third kappa shape index (κ3) is 4.76. The summed E-state index contributed by atoms with van der Waals surface area (Å²) in [5, 5.41) is 11.7. The van der Waals surface area contributed by atoms with E-state index < -0.39 is 40.4 Å². The molecular weight excluding hydrogens is 493 g/mol. The molecule has 0 aliphatic carbocycles. The monoisotopic (exact) mass is 511 g/mol. The molecule has 1 heterocycles. The summed E-state index contributed by atoms with van der Waals surface area (Å²) in [5.74, 6) is -1.68. The zero-order chi connectivity index (χ0) is 25.3. The first-order chi connectivity index (χ1) is 16.7. The number of benzene rings is 3. The van der Waals surface area contributed by atoms with Gasteiger partial charge in [0.2, 0.25) is 5.91 Å². The van der Waals surface area contributed by atoms with Crippen molar-refractivity contribution in [1.82, 2.24) is 4.90 Å². The minimum Gasteiger partial charge on any atom is -0.319 e. The number of nitro benzene ring substituents is 1. The van der Waals surface area contributed by atoms with Gasteiger partial charge in [-0.3, -0.25) is 24.5 Å². The van der Waals surface area contributed by atoms with Crippen LogP contribution in [0.3, 0.4) is 0 Å². The summed E-state index contributed by atoms with van der Waals surface area (Å²) < 4.78 is 0. The zero-order valence-corrected chi connectivity index (χ0v) is 19.9. The van der Waals surface area contributed by atoms with Gasteiger partial charge in [0.05, 0.1) is 23.1 Å². The van der Waals surface area contributed by atoms with Crippen LogP contribution in [0.15, 0.2) is 72.8 Å². The number of nitrogens with zero attached hydrogens (tertiary/aromatic N) is 3. The van der Waals surface area contributed by atoms with E-state index in [0.717, 1.165) is 16.5 Å². The van der Waals surface area contributed by atoms with Crippen LogP contribution in [-0.4, -0.2) is 33.6 Å². The Morgan fingerprint density at radius 2 is 1.71 bits per heavy atom. The molecule has 1 saturated heterocycles. The Bertz CT molecular complexity index is 1310. The molecule has 10 heteroatoms. The van der Waals surface area contributed by atoms with Crippen LogP contribution in [0, 0.1) is 10.1 Å². The summed E-state index contributed by atoms with van der Waals surface area (Å²) in [4.78, 5) is 53.2. The van der Waals surface area contributed by atoms with E-state index in [-0.39, 0.29) is 17.0 Å². The molecule has 0 N–H and O–H groups in total. The van der Waals surface area contributed by atoms with Crippen LogP contribution in [-0.2, 0) is 9.59 Å². The Morgan fingerprint density at radius 1 is 1.06 bits per heavy atom. The van der Waals surface area contributed by atoms with E-state index in [0.29, 0.717) is 10.7 Å². The lowest BCUT2D eigenvalue weighted by Gasteiger charge is -2.33. The molecule has 2 atom stereocenters. The minimum absolute atomic E-state index is 0.0194. The number of carbonyl (C=O) groups excluding carboxylic acids is 3. The SMILES string of the molecule is CC(c1ccccc1)N(C(=O)c1ccc(Cl)c([N+](=O)[O-])c1)C1CC(=O)N(c2ccc(Cl)cc2)C1=O. The fourth-order valence-corrected chi connectivity index (χ4v) is 4.42. The maximum Gasteiger partial charge on any atom is 0.288 e. The van der Waals surface area contributed by atoms with Gasteiger partial charge in [0, 0.05) is 16.7 Å². The average molecular weight is 512 g/mol. The molecule has 0 aromatic heterocycles. The van der Waals surface area contributed by atoms with E-state index in [1.54, 1.807) is 55.5 Å². The van der Waals surface area contributed by atoms with Crippen LogP contribution in [0.2, 0.25) is 10.0 Å². The quantitative estimate of drug-likeness (QED) is 0.249. The van der Waals surface area contributed by atoms with E-state index in [2.05, 4.69) is 0 Å². The lowest BCUT2D eigenvalue weighted by atomic mass is 10.0. The molecule has 0 spiro atoms. The summed E-state index contributed by atoms with van der Waals surface area (Å²) in [6.45, 7) is 1.74. The van der Waals surface area contributed by atoms with Gasteiger partial charge in [0.1, 0.15) is 11.1 Å². The number of amides is 3. The Morgan fingerprint density at radius 3 is 2.34 bits per heavy atom. The first kappa shape index (κ1) is 24.4. The van der Waals surface area contributed by atoms with Crippen molar-refractivity contribution in [2.75, 3.05) is 4.90 Å². The van der Waals surface area contributed by atoms with Crippen molar-refractivity contribution in [3.05, 3.63) is 104 Å². The number of imide groups is 1. The maximum absolute atomic E-state index is 13.7. The van der Waals surface area contributed by atoms with Crippen molar-refractivity contribution in [1.29, 1.82) is 0 Å². The number of nitro groups is 1. The minimum atomic E-state index is -1.12. The second kappa shape index (κ2) is 9.85. The predicted octanol–water partition coefficient (Wildman–Crippen LogP) is 5.44. The van der Waals surface area contributed by atoms with Crippen LogP contribution in [0.4, 0.5) is 11.4 Å². The molecule has 3 amide bonds. The highest BCUT2D eigenvalue weighted by Crippen LogP contribution is 2.34. The number of anilines is 1. The van der Waals surface area contributed by atoms with E-state index in [1.807, 2.05) is 6.07 Å². The molecule has 1 aliphatic heterocycles. The normalized spacial score (nSPS) is 16.3. The van der Waals surface area contributed by atoms with Crippen molar-refractivity contribution in [2.45, 2.75) is 25.4 Å².